The van der Waals surface area contributed by atoms with E-state index in [0.29, 0.717) is 0 Å². The van der Waals surface area contributed by atoms with Crippen molar-refractivity contribution in [2.45, 2.75) is 26.8 Å². The second-order valence-corrected chi connectivity index (χ2v) is 5.45. The number of benzene rings is 1. The molecule has 2 N–H and O–H groups in total. The van der Waals surface area contributed by atoms with E-state index in [2.05, 4.69) is 48.0 Å². The molecule has 1 aromatic carbocycles. The summed E-state index contributed by atoms with van der Waals surface area (Å²) in [6.07, 6.45) is 1.88. The minimum absolute atomic E-state index is 0.0490. The first-order chi connectivity index (χ1) is 8.61. The van der Waals surface area contributed by atoms with Crippen molar-refractivity contribution in [3.8, 4) is 0 Å². The van der Waals surface area contributed by atoms with E-state index < -0.39 is 0 Å². The second-order valence-electron chi connectivity index (χ2n) is 4.41. The molecule has 1 aromatic heterocycles. The van der Waals surface area contributed by atoms with Gasteiger partial charge in [0.2, 0.25) is 0 Å². The van der Waals surface area contributed by atoms with Crippen LogP contribution in [0.5, 0.6) is 0 Å². The van der Waals surface area contributed by atoms with Gasteiger partial charge >= 0.3 is 0 Å². The van der Waals surface area contributed by atoms with Gasteiger partial charge in [0.1, 0.15) is 0 Å². The Balaban J connectivity index is 2.29. The number of aromatic nitrogens is 1. The quantitative estimate of drug-likeness (QED) is 0.914. The van der Waals surface area contributed by atoms with E-state index in [9.17, 15) is 0 Å². The van der Waals surface area contributed by atoms with Crippen molar-refractivity contribution in [3.05, 3.63) is 40.9 Å². The van der Waals surface area contributed by atoms with Crippen LogP contribution in [-0.2, 0) is 0 Å². The van der Waals surface area contributed by atoms with Crippen molar-refractivity contribution in [1.82, 2.24) is 4.98 Å². The number of nitrogens with two attached hydrogens (primary N) is 1. The number of anilines is 2. The Labute approximate surface area is 112 Å². The van der Waals surface area contributed by atoms with Gasteiger partial charge in [0.05, 0.1) is 0 Å². The average molecular weight is 261 g/mol. The van der Waals surface area contributed by atoms with Crippen LogP contribution in [0.15, 0.2) is 30.5 Å². The van der Waals surface area contributed by atoms with Crippen molar-refractivity contribution in [1.29, 1.82) is 0 Å². The minimum atomic E-state index is 0.0490. The molecule has 0 spiro atoms. The van der Waals surface area contributed by atoms with Crippen LogP contribution >= 0.6 is 11.3 Å². The molecular formula is C14H19N3S. The smallest absolute Gasteiger partial charge is 0.190 e. The van der Waals surface area contributed by atoms with Gasteiger partial charge in [-0.15, -0.1) is 0 Å². The maximum Gasteiger partial charge on any atom is 0.190 e. The van der Waals surface area contributed by atoms with E-state index >= 15 is 0 Å². The van der Waals surface area contributed by atoms with E-state index in [0.717, 1.165) is 16.6 Å². The van der Waals surface area contributed by atoms with Gasteiger partial charge < -0.3 is 10.6 Å². The molecule has 0 radical (unpaired) electrons. The Hall–Kier alpha value is -1.39. The molecular weight excluding hydrogens is 242 g/mol. The third-order valence-corrected chi connectivity index (χ3v) is 4.07. The molecule has 1 atom stereocenters. The average Bonchev–Trinajstić information content (AvgIpc) is 2.82. The lowest BCUT2D eigenvalue weighted by atomic mass is 10.2. The zero-order valence-electron chi connectivity index (χ0n) is 11.1. The van der Waals surface area contributed by atoms with E-state index in [1.54, 1.807) is 11.3 Å². The summed E-state index contributed by atoms with van der Waals surface area (Å²) in [5.74, 6) is 0. The molecule has 0 amide bonds. The fraction of sp³-hybridized carbons (Fsp3) is 0.357. The fourth-order valence-corrected chi connectivity index (χ4v) is 2.72. The predicted molar refractivity (Wildman–Crippen MR) is 78.6 cm³/mol. The van der Waals surface area contributed by atoms with Crippen LogP contribution in [0.1, 0.15) is 30.3 Å². The number of nitrogens with zero attached hydrogens (tertiary/aromatic N) is 2. The summed E-state index contributed by atoms with van der Waals surface area (Å²) in [7, 11) is 0. The summed E-state index contributed by atoms with van der Waals surface area (Å²) in [5, 5.41) is 1.01. The maximum absolute atomic E-state index is 5.88. The molecule has 0 saturated carbocycles. The first kappa shape index (κ1) is 13.1. The highest BCUT2D eigenvalue weighted by atomic mass is 32.1. The first-order valence-electron chi connectivity index (χ1n) is 6.17. The van der Waals surface area contributed by atoms with Crippen LogP contribution in [0.25, 0.3) is 0 Å². The van der Waals surface area contributed by atoms with Crippen LogP contribution < -0.4 is 10.6 Å². The van der Waals surface area contributed by atoms with Crippen LogP contribution in [0.4, 0.5) is 10.8 Å². The molecule has 0 saturated heterocycles. The number of aryl methyl sites for hydroxylation is 1. The van der Waals surface area contributed by atoms with Crippen LogP contribution in [0.2, 0.25) is 0 Å². The third kappa shape index (κ3) is 2.71. The standard InChI is InChI=1S/C14H19N3S/c1-4-17(12-7-5-10(2)6-8-12)14-16-9-13(18-14)11(3)15/h5-9,11H,4,15H2,1-3H3. The molecule has 0 bridgehead atoms. The van der Waals surface area contributed by atoms with E-state index in [1.165, 1.54) is 11.3 Å². The van der Waals surface area contributed by atoms with Gasteiger partial charge in [-0.2, -0.15) is 0 Å². The minimum Gasteiger partial charge on any atom is -0.323 e. The van der Waals surface area contributed by atoms with Gasteiger partial charge in [-0.3, -0.25) is 0 Å². The highest BCUT2D eigenvalue weighted by molar-refractivity contribution is 7.15. The molecule has 2 rings (SSSR count). The van der Waals surface area contributed by atoms with Gasteiger partial charge in [-0.05, 0) is 32.9 Å². The number of rotatable bonds is 4. The summed E-state index contributed by atoms with van der Waals surface area (Å²) in [5.41, 5.74) is 8.32. The lowest BCUT2D eigenvalue weighted by Gasteiger charge is -2.20. The molecule has 0 aliphatic rings. The molecule has 1 unspecified atom stereocenters. The molecule has 0 fully saturated rings. The monoisotopic (exact) mass is 261 g/mol. The summed E-state index contributed by atoms with van der Waals surface area (Å²) >= 11 is 1.66. The van der Waals surface area contributed by atoms with Crippen LogP contribution in [-0.4, -0.2) is 11.5 Å². The molecule has 0 aliphatic heterocycles. The Kier molecular flexibility index (Phi) is 3.99. The first-order valence-corrected chi connectivity index (χ1v) is 6.99. The van der Waals surface area contributed by atoms with Gasteiger partial charge in [0.25, 0.3) is 0 Å². The third-order valence-electron chi connectivity index (χ3n) is 2.85. The van der Waals surface area contributed by atoms with E-state index in [-0.39, 0.29) is 6.04 Å². The number of thiazole rings is 1. The molecule has 1 heterocycles. The zero-order chi connectivity index (χ0) is 13.1. The van der Waals surface area contributed by atoms with Crippen LogP contribution in [0, 0.1) is 6.92 Å². The molecule has 3 nitrogen and oxygen atoms in total. The molecule has 18 heavy (non-hydrogen) atoms. The zero-order valence-corrected chi connectivity index (χ0v) is 11.9. The summed E-state index contributed by atoms with van der Waals surface area (Å²) in [6, 6.07) is 8.56. The van der Waals surface area contributed by atoms with Gasteiger partial charge in [-0.1, -0.05) is 29.0 Å². The van der Waals surface area contributed by atoms with Crippen molar-refractivity contribution < 1.29 is 0 Å². The van der Waals surface area contributed by atoms with Gasteiger partial charge in [0.15, 0.2) is 5.13 Å². The molecule has 0 aliphatic carbocycles. The van der Waals surface area contributed by atoms with Gasteiger partial charge in [-0.25, -0.2) is 4.98 Å². The number of hydrogen-bond acceptors (Lipinski definition) is 4. The highest BCUT2D eigenvalue weighted by Gasteiger charge is 2.13. The Morgan fingerprint density at radius 2 is 2.00 bits per heavy atom. The van der Waals surface area contributed by atoms with E-state index in [1.807, 2.05) is 13.1 Å². The lowest BCUT2D eigenvalue weighted by molar-refractivity contribution is 0.835. The Bertz CT molecular complexity index is 502. The van der Waals surface area contributed by atoms with Crippen LogP contribution in [0.3, 0.4) is 0 Å². The van der Waals surface area contributed by atoms with Gasteiger partial charge in [0, 0.05) is 29.3 Å². The predicted octanol–water partition coefficient (Wildman–Crippen LogP) is 3.63. The Morgan fingerprint density at radius 1 is 1.33 bits per heavy atom. The van der Waals surface area contributed by atoms with Crippen molar-refractivity contribution in [2.24, 2.45) is 5.73 Å². The normalized spacial score (nSPS) is 12.4. The van der Waals surface area contributed by atoms with E-state index in [4.69, 9.17) is 5.73 Å². The Morgan fingerprint density at radius 3 is 2.50 bits per heavy atom. The van der Waals surface area contributed by atoms with Crippen molar-refractivity contribution >= 4 is 22.2 Å². The summed E-state index contributed by atoms with van der Waals surface area (Å²) in [6.45, 7) is 7.11. The maximum atomic E-state index is 5.88. The largest absolute Gasteiger partial charge is 0.323 e. The second kappa shape index (κ2) is 5.50. The molecule has 96 valence electrons. The highest BCUT2D eigenvalue weighted by Crippen LogP contribution is 2.31. The lowest BCUT2D eigenvalue weighted by Crippen LogP contribution is -2.15. The topological polar surface area (TPSA) is 42.2 Å². The van der Waals surface area contributed by atoms with Crippen molar-refractivity contribution in [3.63, 3.8) is 0 Å². The summed E-state index contributed by atoms with van der Waals surface area (Å²) < 4.78 is 0. The molecule has 4 heteroatoms. The number of hydrogen-bond donors (Lipinski definition) is 1. The SMILES string of the molecule is CCN(c1ccc(C)cc1)c1ncc(C(C)N)s1. The summed E-state index contributed by atoms with van der Waals surface area (Å²) in [4.78, 5) is 7.80. The molecule has 2 aromatic rings. The van der Waals surface area contributed by atoms with Crippen molar-refractivity contribution in [2.75, 3.05) is 11.4 Å². The fourth-order valence-electron chi connectivity index (χ4n) is 1.77.